The fourth-order valence-corrected chi connectivity index (χ4v) is 10.7. The van der Waals surface area contributed by atoms with E-state index in [1.807, 2.05) is 41.5 Å². The molecule has 2 aliphatic heterocycles. The number of hydrogen-bond donors (Lipinski definition) is 4. The molecule has 2 unspecified atom stereocenters. The Hall–Kier alpha value is -3.30. The number of amides is 5. The zero-order valence-electron chi connectivity index (χ0n) is 31.6. The van der Waals surface area contributed by atoms with E-state index in [1.165, 1.54) is 26.6 Å². The largest absolute Gasteiger partial charge is 0.346 e. The molecule has 0 radical (unpaired) electrons. The molecule has 1 aromatic heterocycles. The summed E-state index contributed by atoms with van der Waals surface area (Å²) in [6.07, 6.45) is 7.49. The van der Waals surface area contributed by atoms with Gasteiger partial charge in [0, 0.05) is 31.1 Å². The fraction of sp³-hybridized carbons (Fsp3) is 0.703. The summed E-state index contributed by atoms with van der Waals surface area (Å²) in [5.41, 5.74) is -1.58. The minimum Gasteiger partial charge on any atom is -0.346 e. The van der Waals surface area contributed by atoms with Crippen molar-refractivity contribution in [2.75, 3.05) is 19.6 Å². The molecule has 3 aliphatic rings. The van der Waals surface area contributed by atoms with E-state index in [1.54, 1.807) is 11.4 Å². The molecule has 2 fully saturated rings. The van der Waals surface area contributed by atoms with E-state index in [-0.39, 0.29) is 44.4 Å². The molecule has 5 amide bonds. The predicted molar refractivity (Wildman–Crippen MR) is 201 cm³/mol. The van der Waals surface area contributed by atoms with Crippen molar-refractivity contribution in [3.8, 4) is 0 Å². The van der Waals surface area contributed by atoms with Gasteiger partial charge in [0.15, 0.2) is 0 Å². The van der Waals surface area contributed by atoms with E-state index in [2.05, 4.69) is 27.8 Å². The molecule has 15 heteroatoms. The minimum atomic E-state index is -3.68. The van der Waals surface area contributed by atoms with Crippen molar-refractivity contribution in [3.05, 3.63) is 29.0 Å². The highest BCUT2D eigenvalue weighted by Crippen LogP contribution is 2.38. The zero-order chi connectivity index (χ0) is 38.4. The molecule has 4 N–H and O–H groups in total. The highest BCUT2D eigenvalue weighted by atomic mass is 32.2. The van der Waals surface area contributed by atoms with Gasteiger partial charge < -0.3 is 26.2 Å². The highest BCUT2D eigenvalue weighted by Gasteiger charge is 2.49. The summed E-state index contributed by atoms with van der Waals surface area (Å²) in [5.74, 6) is -2.68. The van der Waals surface area contributed by atoms with Crippen molar-refractivity contribution in [2.45, 2.75) is 134 Å². The zero-order valence-corrected chi connectivity index (χ0v) is 33.2. The number of rotatable bonds is 15. The number of thiophene rings is 1. The average Bonchev–Trinajstić information content (AvgIpc) is 3.80. The third kappa shape index (κ3) is 9.43. The molecular weight excluding hydrogens is 705 g/mol. The molecular formula is C37H58N6O7S2. The Morgan fingerprint density at radius 2 is 1.79 bits per heavy atom. The van der Waals surface area contributed by atoms with Gasteiger partial charge in [-0.2, -0.15) is 4.31 Å². The van der Waals surface area contributed by atoms with Crippen LogP contribution in [0.5, 0.6) is 0 Å². The van der Waals surface area contributed by atoms with E-state index in [0.717, 1.165) is 30.6 Å². The standard InChI is InChI=1S/C37H58N6O7S2/c1-8-10-14-26(30(44)33(46)38-19-9-2)39-32(45)29-25(24(3)4)15-20-43(29)34(47)31(36(5,6)7)40-35(48)41-37(17-12-11-13-18-37)23-42-22-27-28(16-21-51-27)52(42,49)50/h9,16,21,24-26,29,31H,2,8,10-15,17-20,22-23H2,1,3-7H3,(H,38,46)(H,39,45)(H2,40,41,48)/t25?,26?,29-,31+/m0/s1. The number of sulfonamides is 1. The summed E-state index contributed by atoms with van der Waals surface area (Å²) in [4.78, 5) is 70.9. The summed E-state index contributed by atoms with van der Waals surface area (Å²) >= 11 is 1.41. The van der Waals surface area contributed by atoms with Crippen LogP contribution in [0.15, 0.2) is 29.0 Å². The number of urea groups is 1. The Bertz CT molecular complexity index is 1590. The van der Waals surface area contributed by atoms with E-state index >= 15 is 0 Å². The van der Waals surface area contributed by atoms with Crippen LogP contribution in [0.25, 0.3) is 0 Å². The molecule has 1 saturated carbocycles. The van der Waals surface area contributed by atoms with Gasteiger partial charge in [-0.15, -0.1) is 17.9 Å². The van der Waals surface area contributed by atoms with Gasteiger partial charge in [0.25, 0.3) is 5.91 Å². The molecule has 1 aliphatic carbocycles. The van der Waals surface area contributed by atoms with Crippen molar-refractivity contribution in [2.24, 2.45) is 17.3 Å². The average molecular weight is 763 g/mol. The number of hydrogen-bond acceptors (Lipinski definition) is 8. The van der Waals surface area contributed by atoms with Gasteiger partial charge in [0.1, 0.15) is 12.1 Å². The number of fused-ring (bicyclic) bond motifs is 1. The first-order chi connectivity index (χ1) is 24.5. The normalized spacial score (nSPS) is 22.2. The lowest BCUT2D eigenvalue weighted by Gasteiger charge is -2.41. The molecule has 4 rings (SSSR count). The lowest BCUT2D eigenvalue weighted by molar-refractivity contribution is -0.144. The molecule has 52 heavy (non-hydrogen) atoms. The van der Waals surface area contributed by atoms with Crippen LogP contribution in [0.2, 0.25) is 0 Å². The smallest absolute Gasteiger partial charge is 0.315 e. The van der Waals surface area contributed by atoms with Crippen LogP contribution >= 0.6 is 11.3 Å². The second-order valence-electron chi connectivity index (χ2n) is 16.0. The molecule has 4 atom stereocenters. The Morgan fingerprint density at radius 3 is 2.38 bits per heavy atom. The van der Waals surface area contributed by atoms with Crippen molar-refractivity contribution in [3.63, 3.8) is 0 Å². The van der Waals surface area contributed by atoms with E-state index in [4.69, 9.17) is 0 Å². The number of Topliss-reactive ketones (excluding diaryl/α,β-unsaturated/α-hetero) is 1. The van der Waals surface area contributed by atoms with E-state index in [0.29, 0.717) is 30.6 Å². The quantitative estimate of drug-likeness (QED) is 0.154. The van der Waals surface area contributed by atoms with Crippen LogP contribution in [-0.2, 0) is 35.7 Å². The van der Waals surface area contributed by atoms with Gasteiger partial charge in [-0.25, -0.2) is 13.2 Å². The summed E-state index contributed by atoms with van der Waals surface area (Å²) in [6, 6.07) is -1.94. The Balaban J connectivity index is 1.54. The molecule has 1 aromatic rings. The molecule has 13 nitrogen and oxygen atoms in total. The molecule has 0 spiro atoms. The molecule has 0 bridgehead atoms. The molecule has 3 heterocycles. The number of ketones is 1. The first-order valence-corrected chi connectivity index (χ1v) is 21.0. The van der Waals surface area contributed by atoms with Crippen molar-refractivity contribution < 1.29 is 32.4 Å². The SMILES string of the molecule is C=CCNC(=O)C(=O)C(CCCC)NC(=O)[C@@H]1C(C(C)C)CCN1C(=O)[C@@H](NC(=O)NC1(CN2Cc3sccc3S2(=O)=O)CCCCC1)C(C)(C)C. The highest BCUT2D eigenvalue weighted by molar-refractivity contribution is 7.89. The first-order valence-electron chi connectivity index (χ1n) is 18.6. The van der Waals surface area contributed by atoms with Gasteiger partial charge in [0.05, 0.1) is 16.5 Å². The number of unbranched alkanes of at least 4 members (excludes halogenated alkanes) is 1. The summed E-state index contributed by atoms with van der Waals surface area (Å²) < 4.78 is 28.2. The van der Waals surface area contributed by atoms with Crippen molar-refractivity contribution in [1.82, 2.24) is 30.5 Å². The second-order valence-corrected chi connectivity index (χ2v) is 18.9. The van der Waals surface area contributed by atoms with Crippen molar-refractivity contribution in [1.29, 1.82) is 0 Å². The topological polar surface area (TPSA) is 174 Å². The number of carbonyl (C=O) groups is 5. The maximum absolute atomic E-state index is 14.5. The molecule has 0 aromatic carbocycles. The molecule has 1 saturated heterocycles. The number of nitrogens with one attached hydrogen (secondary N) is 4. The number of nitrogens with zero attached hydrogens (tertiary/aromatic N) is 2. The van der Waals surface area contributed by atoms with Crippen molar-refractivity contribution >= 4 is 50.9 Å². The maximum atomic E-state index is 14.5. The number of likely N-dealkylation sites (tertiary alicyclic amines) is 1. The Morgan fingerprint density at radius 1 is 1.10 bits per heavy atom. The number of carbonyl (C=O) groups excluding carboxylic acids is 5. The summed E-state index contributed by atoms with van der Waals surface area (Å²) in [7, 11) is -3.68. The van der Waals surface area contributed by atoms with Crippen LogP contribution in [-0.4, -0.2) is 90.5 Å². The van der Waals surface area contributed by atoms with E-state index < -0.39 is 68.6 Å². The van der Waals surface area contributed by atoms with Gasteiger partial charge in [-0.1, -0.05) is 79.7 Å². The van der Waals surface area contributed by atoms with Crippen LogP contribution in [0, 0.1) is 17.3 Å². The van der Waals surface area contributed by atoms with Crippen LogP contribution in [0.4, 0.5) is 4.79 Å². The van der Waals surface area contributed by atoms with E-state index in [9.17, 15) is 32.4 Å². The third-order valence-electron chi connectivity index (χ3n) is 10.7. The first kappa shape index (κ1) is 41.5. The Labute approximate surface area is 313 Å². The maximum Gasteiger partial charge on any atom is 0.315 e. The van der Waals surface area contributed by atoms with Gasteiger partial charge in [-0.05, 0) is 54.4 Å². The second kappa shape index (κ2) is 17.2. The predicted octanol–water partition coefficient (Wildman–Crippen LogP) is 4.09. The van der Waals surface area contributed by atoms with Gasteiger partial charge in [-0.3, -0.25) is 19.2 Å². The summed E-state index contributed by atoms with van der Waals surface area (Å²) in [6.45, 7) is 15.8. The van der Waals surface area contributed by atoms with Gasteiger partial charge in [0.2, 0.25) is 27.6 Å². The minimum absolute atomic E-state index is 0.0244. The van der Waals surface area contributed by atoms with Gasteiger partial charge >= 0.3 is 6.03 Å². The Kier molecular flexibility index (Phi) is 13.7. The summed E-state index contributed by atoms with van der Waals surface area (Å²) in [5, 5.41) is 13.1. The lowest BCUT2D eigenvalue weighted by atomic mass is 9.81. The lowest BCUT2D eigenvalue weighted by Crippen LogP contribution is -2.64. The van der Waals surface area contributed by atoms with Crippen LogP contribution in [0.3, 0.4) is 0 Å². The fourth-order valence-electron chi connectivity index (χ4n) is 7.75. The molecule has 290 valence electrons. The third-order valence-corrected chi connectivity index (χ3v) is 13.6. The monoisotopic (exact) mass is 762 g/mol. The van der Waals surface area contributed by atoms with Crippen LogP contribution < -0.4 is 21.3 Å². The van der Waals surface area contributed by atoms with Crippen LogP contribution in [0.1, 0.15) is 104 Å².